The quantitative estimate of drug-likeness (QED) is 0.747. The molecule has 1 aliphatic heterocycles. The molecule has 1 amide bonds. The minimum absolute atomic E-state index is 0.0220. The number of pyridine rings is 1. The minimum Gasteiger partial charge on any atom is -0.337 e. The summed E-state index contributed by atoms with van der Waals surface area (Å²) in [4.78, 5) is 20.9. The minimum atomic E-state index is 0.0220. The topological polar surface area (TPSA) is 80.0 Å². The molecular formula is C18H27N7O. The van der Waals surface area contributed by atoms with Gasteiger partial charge in [0.2, 0.25) is 5.91 Å². The number of aromatic nitrogens is 5. The van der Waals surface area contributed by atoms with Gasteiger partial charge in [0.25, 0.3) is 0 Å². The van der Waals surface area contributed by atoms with Crippen molar-refractivity contribution in [2.75, 3.05) is 19.6 Å². The van der Waals surface area contributed by atoms with E-state index < -0.39 is 0 Å². The van der Waals surface area contributed by atoms with Crippen molar-refractivity contribution in [3.8, 4) is 0 Å². The van der Waals surface area contributed by atoms with E-state index >= 15 is 0 Å². The van der Waals surface area contributed by atoms with Gasteiger partial charge in [-0.25, -0.2) is 4.68 Å². The van der Waals surface area contributed by atoms with Crippen LogP contribution in [0.2, 0.25) is 0 Å². The second kappa shape index (κ2) is 9.38. The second-order valence-corrected chi connectivity index (χ2v) is 6.71. The third-order valence-electron chi connectivity index (χ3n) is 4.81. The Labute approximate surface area is 154 Å². The molecule has 8 nitrogen and oxygen atoms in total. The van der Waals surface area contributed by atoms with Gasteiger partial charge in [-0.15, -0.1) is 5.10 Å². The molecule has 0 unspecified atom stereocenters. The number of amides is 1. The van der Waals surface area contributed by atoms with E-state index in [1.165, 1.54) is 25.7 Å². The van der Waals surface area contributed by atoms with Gasteiger partial charge in [0.1, 0.15) is 6.54 Å². The normalized spacial score (nSPS) is 15.6. The average Bonchev–Trinajstić information content (AvgIpc) is 2.92. The van der Waals surface area contributed by atoms with Gasteiger partial charge in [-0.2, -0.15) is 0 Å². The van der Waals surface area contributed by atoms with Crippen molar-refractivity contribution in [1.29, 1.82) is 0 Å². The average molecular weight is 357 g/mol. The highest BCUT2D eigenvalue weighted by Crippen LogP contribution is 2.12. The molecule has 3 rings (SSSR count). The number of tetrazole rings is 1. The summed E-state index contributed by atoms with van der Waals surface area (Å²) in [6, 6.07) is 3.86. The summed E-state index contributed by atoms with van der Waals surface area (Å²) in [5, 5.41) is 12.0. The van der Waals surface area contributed by atoms with Crippen LogP contribution in [0.5, 0.6) is 0 Å². The van der Waals surface area contributed by atoms with Gasteiger partial charge in [0.05, 0.1) is 6.54 Å². The number of hydrogen-bond acceptors (Lipinski definition) is 6. The third kappa shape index (κ3) is 5.08. The molecule has 1 fully saturated rings. The molecule has 0 N–H and O–H groups in total. The number of carbonyl (C=O) groups is 1. The summed E-state index contributed by atoms with van der Waals surface area (Å²) in [5.41, 5.74) is 1.07. The van der Waals surface area contributed by atoms with Crippen LogP contribution >= 0.6 is 0 Å². The molecule has 0 radical (unpaired) electrons. The lowest BCUT2D eigenvalue weighted by molar-refractivity contribution is -0.132. The van der Waals surface area contributed by atoms with Gasteiger partial charge in [-0.05, 0) is 61.0 Å². The Morgan fingerprint density at radius 1 is 1.15 bits per heavy atom. The van der Waals surface area contributed by atoms with Crippen LogP contribution in [0.3, 0.4) is 0 Å². The summed E-state index contributed by atoms with van der Waals surface area (Å²) in [5.74, 6) is 0.786. The summed E-state index contributed by atoms with van der Waals surface area (Å²) in [6.07, 6.45) is 8.51. The van der Waals surface area contributed by atoms with Crippen molar-refractivity contribution in [3.63, 3.8) is 0 Å². The molecular weight excluding hydrogens is 330 g/mol. The van der Waals surface area contributed by atoms with Crippen molar-refractivity contribution in [2.24, 2.45) is 0 Å². The van der Waals surface area contributed by atoms with Crippen LogP contribution in [-0.4, -0.2) is 60.5 Å². The standard InChI is InChI=1S/C18H27N7O/c1-2-24(13-16-7-9-19-10-8-16)18(26)15-25-17(20-21-22-25)14-23-11-5-3-4-6-12-23/h7-10H,2-6,11-15H2,1H3. The number of nitrogens with zero attached hydrogens (tertiary/aromatic N) is 7. The lowest BCUT2D eigenvalue weighted by Gasteiger charge is -2.22. The molecule has 3 heterocycles. The molecule has 2 aromatic rings. The van der Waals surface area contributed by atoms with Crippen molar-refractivity contribution in [1.82, 2.24) is 35.0 Å². The monoisotopic (exact) mass is 357 g/mol. The van der Waals surface area contributed by atoms with Crippen LogP contribution in [0, 0.1) is 0 Å². The Kier molecular flexibility index (Phi) is 6.65. The van der Waals surface area contributed by atoms with E-state index in [0.29, 0.717) is 19.6 Å². The number of hydrogen-bond donors (Lipinski definition) is 0. The van der Waals surface area contributed by atoms with E-state index in [-0.39, 0.29) is 12.5 Å². The first-order valence-electron chi connectivity index (χ1n) is 9.40. The number of likely N-dealkylation sites (N-methyl/N-ethyl adjacent to an activating group) is 1. The van der Waals surface area contributed by atoms with Crippen molar-refractivity contribution < 1.29 is 4.79 Å². The van der Waals surface area contributed by atoms with Gasteiger partial charge in [0.15, 0.2) is 5.82 Å². The summed E-state index contributed by atoms with van der Waals surface area (Å²) in [7, 11) is 0. The number of rotatable bonds is 7. The van der Waals surface area contributed by atoms with Gasteiger partial charge in [0, 0.05) is 25.5 Å². The van der Waals surface area contributed by atoms with E-state index in [1.54, 1.807) is 17.1 Å². The molecule has 0 aromatic carbocycles. The first-order valence-corrected chi connectivity index (χ1v) is 9.40. The first kappa shape index (κ1) is 18.4. The zero-order chi connectivity index (χ0) is 18.2. The van der Waals surface area contributed by atoms with Crippen LogP contribution in [0.4, 0.5) is 0 Å². The zero-order valence-corrected chi connectivity index (χ0v) is 15.4. The molecule has 0 atom stereocenters. The van der Waals surface area contributed by atoms with E-state index in [2.05, 4.69) is 25.4 Å². The first-order chi connectivity index (χ1) is 12.8. The third-order valence-corrected chi connectivity index (χ3v) is 4.81. The molecule has 1 aliphatic rings. The molecule has 0 saturated carbocycles. The molecule has 0 spiro atoms. The maximum atomic E-state index is 12.7. The van der Waals surface area contributed by atoms with Gasteiger partial charge >= 0.3 is 0 Å². The highest BCUT2D eigenvalue weighted by Gasteiger charge is 2.18. The molecule has 1 saturated heterocycles. The fourth-order valence-electron chi connectivity index (χ4n) is 3.27. The Balaban J connectivity index is 1.60. The summed E-state index contributed by atoms with van der Waals surface area (Å²) < 4.78 is 1.64. The van der Waals surface area contributed by atoms with E-state index in [4.69, 9.17) is 0 Å². The smallest absolute Gasteiger partial charge is 0.244 e. The van der Waals surface area contributed by atoms with Crippen LogP contribution in [0.15, 0.2) is 24.5 Å². The van der Waals surface area contributed by atoms with Crippen molar-refractivity contribution in [3.05, 3.63) is 35.9 Å². The van der Waals surface area contributed by atoms with Crippen LogP contribution < -0.4 is 0 Å². The molecule has 140 valence electrons. The second-order valence-electron chi connectivity index (χ2n) is 6.71. The fourth-order valence-corrected chi connectivity index (χ4v) is 3.27. The van der Waals surface area contributed by atoms with Gasteiger partial charge in [-0.3, -0.25) is 14.7 Å². The van der Waals surface area contributed by atoms with E-state index in [0.717, 1.165) is 24.5 Å². The summed E-state index contributed by atoms with van der Waals surface area (Å²) >= 11 is 0. The van der Waals surface area contributed by atoms with Gasteiger partial charge in [-0.1, -0.05) is 12.8 Å². The molecule has 0 aliphatic carbocycles. The maximum absolute atomic E-state index is 12.7. The van der Waals surface area contributed by atoms with Crippen molar-refractivity contribution in [2.45, 2.75) is 52.2 Å². The summed E-state index contributed by atoms with van der Waals surface area (Å²) in [6.45, 7) is 6.22. The largest absolute Gasteiger partial charge is 0.337 e. The molecule has 2 aromatic heterocycles. The highest BCUT2D eigenvalue weighted by molar-refractivity contribution is 5.75. The number of likely N-dealkylation sites (tertiary alicyclic amines) is 1. The predicted molar refractivity (Wildman–Crippen MR) is 96.9 cm³/mol. The van der Waals surface area contributed by atoms with Crippen LogP contribution in [0.25, 0.3) is 0 Å². The van der Waals surface area contributed by atoms with Crippen molar-refractivity contribution >= 4 is 5.91 Å². The lowest BCUT2D eigenvalue weighted by Crippen LogP contribution is -2.34. The fraction of sp³-hybridized carbons (Fsp3) is 0.611. The Bertz CT molecular complexity index is 680. The number of carbonyl (C=O) groups excluding carboxylic acids is 1. The molecule has 8 heteroatoms. The Morgan fingerprint density at radius 3 is 2.58 bits per heavy atom. The van der Waals surface area contributed by atoms with Gasteiger partial charge < -0.3 is 4.90 Å². The van der Waals surface area contributed by atoms with E-state index in [9.17, 15) is 4.79 Å². The predicted octanol–water partition coefficient (Wildman–Crippen LogP) is 1.49. The lowest BCUT2D eigenvalue weighted by atomic mass is 10.2. The SMILES string of the molecule is CCN(Cc1ccncc1)C(=O)Cn1nnnc1CN1CCCCCC1. The molecule has 26 heavy (non-hydrogen) atoms. The zero-order valence-electron chi connectivity index (χ0n) is 15.4. The Morgan fingerprint density at radius 2 is 1.88 bits per heavy atom. The molecule has 0 bridgehead atoms. The van der Waals surface area contributed by atoms with Crippen LogP contribution in [0.1, 0.15) is 44.0 Å². The highest BCUT2D eigenvalue weighted by atomic mass is 16.2. The van der Waals surface area contributed by atoms with E-state index in [1.807, 2.05) is 24.0 Å². The maximum Gasteiger partial charge on any atom is 0.244 e. The Hall–Kier alpha value is -2.35. The van der Waals surface area contributed by atoms with Crippen LogP contribution in [-0.2, 0) is 24.4 Å².